The number of nitrogens with zero attached hydrogens (tertiary/aromatic N) is 2. The van der Waals surface area contributed by atoms with Gasteiger partial charge < -0.3 is 5.32 Å². The molecule has 1 amide bonds. The minimum atomic E-state index is -2.56. The van der Waals surface area contributed by atoms with Gasteiger partial charge in [-0.15, -0.1) is 11.3 Å². The van der Waals surface area contributed by atoms with Gasteiger partial charge in [0.1, 0.15) is 5.69 Å². The monoisotopic (exact) mass is 393 g/mol. The molecule has 0 radical (unpaired) electrons. The van der Waals surface area contributed by atoms with Crippen LogP contribution in [-0.4, -0.2) is 28.0 Å². The van der Waals surface area contributed by atoms with Gasteiger partial charge in [0.2, 0.25) is 0 Å². The molecule has 3 rings (SSSR count). The molecule has 0 saturated carbocycles. The van der Waals surface area contributed by atoms with Crippen LogP contribution < -0.4 is 5.32 Å². The molecule has 8 heteroatoms. The van der Waals surface area contributed by atoms with Crippen LogP contribution in [0.4, 0.5) is 8.78 Å². The van der Waals surface area contributed by atoms with E-state index in [9.17, 15) is 13.6 Å². The first-order valence-electron chi connectivity index (χ1n) is 7.95. The van der Waals surface area contributed by atoms with Gasteiger partial charge in [-0.05, 0) is 36.6 Å². The maximum absolute atomic E-state index is 12.6. The third-order valence-electron chi connectivity index (χ3n) is 3.71. The van der Waals surface area contributed by atoms with Crippen LogP contribution in [0.3, 0.4) is 0 Å². The van der Waals surface area contributed by atoms with Gasteiger partial charge in [0, 0.05) is 17.1 Å². The summed E-state index contributed by atoms with van der Waals surface area (Å²) in [6.07, 6.45) is 0. The van der Waals surface area contributed by atoms with Crippen molar-refractivity contribution in [3.05, 3.63) is 59.1 Å². The fraction of sp³-hybridized carbons (Fsp3) is 0.222. The highest BCUT2D eigenvalue weighted by atomic mass is 32.2. The van der Waals surface area contributed by atoms with E-state index in [0.717, 1.165) is 16.3 Å². The van der Waals surface area contributed by atoms with E-state index in [-0.39, 0.29) is 16.4 Å². The first-order valence-corrected chi connectivity index (χ1v) is 9.71. The zero-order valence-corrected chi connectivity index (χ0v) is 15.6. The van der Waals surface area contributed by atoms with Crippen LogP contribution in [0.25, 0.3) is 10.6 Å². The number of nitrogens with one attached hydrogen (secondary N) is 1. The Morgan fingerprint density at radius 1 is 1.31 bits per heavy atom. The van der Waals surface area contributed by atoms with Gasteiger partial charge in [-0.25, -0.2) is 0 Å². The van der Waals surface area contributed by atoms with Gasteiger partial charge in [0.25, 0.3) is 11.7 Å². The van der Waals surface area contributed by atoms with Crippen molar-refractivity contribution in [2.24, 2.45) is 0 Å². The lowest BCUT2D eigenvalue weighted by atomic mass is 10.2. The highest BCUT2D eigenvalue weighted by molar-refractivity contribution is 7.99. The SMILES string of the molecule is Cc1cc(-c2cccs2)nn1CCNC(=O)c1ccccc1SC(F)F. The molecule has 3 aromatic rings. The van der Waals surface area contributed by atoms with Crippen LogP contribution in [0, 0.1) is 6.92 Å². The summed E-state index contributed by atoms with van der Waals surface area (Å²) in [7, 11) is 0. The van der Waals surface area contributed by atoms with Gasteiger partial charge in [0.05, 0.1) is 17.0 Å². The summed E-state index contributed by atoms with van der Waals surface area (Å²) < 4.78 is 27.1. The lowest BCUT2D eigenvalue weighted by Gasteiger charge is -2.10. The molecule has 0 bridgehead atoms. The lowest BCUT2D eigenvalue weighted by Crippen LogP contribution is -2.28. The van der Waals surface area contributed by atoms with E-state index >= 15 is 0 Å². The van der Waals surface area contributed by atoms with Crippen molar-refractivity contribution in [2.75, 3.05) is 6.54 Å². The third-order valence-corrected chi connectivity index (χ3v) is 5.39. The Kier molecular flexibility index (Phi) is 6.05. The number of aromatic nitrogens is 2. The Hall–Kier alpha value is -2.19. The number of thioether (sulfide) groups is 1. The first-order chi connectivity index (χ1) is 12.5. The average molecular weight is 393 g/mol. The van der Waals surface area contributed by atoms with Gasteiger partial charge >= 0.3 is 0 Å². The summed E-state index contributed by atoms with van der Waals surface area (Å²) in [6.45, 7) is 2.83. The second-order valence-electron chi connectivity index (χ2n) is 5.50. The van der Waals surface area contributed by atoms with E-state index in [2.05, 4.69) is 10.4 Å². The van der Waals surface area contributed by atoms with E-state index in [0.29, 0.717) is 24.9 Å². The van der Waals surface area contributed by atoms with Crippen LogP contribution in [0.2, 0.25) is 0 Å². The maximum Gasteiger partial charge on any atom is 0.288 e. The summed E-state index contributed by atoms with van der Waals surface area (Å²) in [5.41, 5.74) is 2.16. The highest BCUT2D eigenvalue weighted by Gasteiger charge is 2.15. The predicted molar refractivity (Wildman–Crippen MR) is 101 cm³/mol. The normalized spacial score (nSPS) is 11.1. The van der Waals surface area contributed by atoms with Crippen molar-refractivity contribution in [2.45, 2.75) is 24.1 Å². The average Bonchev–Trinajstić information content (AvgIpc) is 3.25. The number of hydrogen-bond acceptors (Lipinski definition) is 4. The third kappa shape index (κ3) is 4.50. The van der Waals surface area contributed by atoms with Gasteiger partial charge in [-0.1, -0.05) is 30.0 Å². The predicted octanol–water partition coefficient (Wildman–Crippen LogP) is 4.66. The van der Waals surface area contributed by atoms with Crippen molar-refractivity contribution in [1.82, 2.24) is 15.1 Å². The Labute approximate surface area is 158 Å². The molecule has 0 atom stereocenters. The molecule has 0 fully saturated rings. The summed E-state index contributed by atoms with van der Waals surface area (Å²) in [5, 5.41) is 9.33. The number of rotatable bonds is 7. The molecule has 0 spiro atoms. The Morgan fingerprint density at radius 3 is 2.85 bits per heavy atom. The molecular formula is C18H17F2N3OS2. The van der Waals surface area contributed by atoms with E-state index < -0.39 is 5.76 Å². The molecule has 0 aliphatic rings. The Bertz CT molecular complexity index is 878. The minimum absolute atomic E-state index is 0.259. The molecule has 0 unspecified atom stereocenters. The van der Waals surface area contributed by atoms with E-state index in [1.54, 1.807) is 29.5 Å². The van der Waals surface area contributed by atoms with Crippen LogP contribution in [-0.2, 0) is 6.54 Å². The van der Waals surface area contributed by atoms with E-state index in [1.165, 1.54) is 6.07 Å². The van der Waals surface area contributed by atoms with Gasteiger partial charge in [-0.2, -0.15) is 13.9 Å². The molecule has 1 aromatic carbocycles. The van der Waals surface area contributed by atoms with Gasteiger partial charge in [0.15, 0.2) is 0 Å². The Balaban J connectivity index is 1.61. The molecule has 4 nitrogen and oxygen atoms in total. The van der Waals surface area contributed by atoms with Crippen molar-refractivity contribution in [3.8, 4) is 10.6 Å². The number of hydrogen-bond donors (Lipinski definition) is 1. The molecule has 1 N–H and O–H groups in total. The quantitative estimate of drug-likeness (QED) is 0.594. The molecule has 2 heterocycles. The summed E-state index contributed by atoms with van der Waals surface area (Å²) in [6, 6.07) is 12.4. The highest BCUT2D eigenvalue weighted by Crippen LogP contribution is 2.28. The number of thiophene rings is 1. The van der Waals surface area contributed by atoms with Crippen LogP contribution >= 0.6 is 23.1 Å². The Morgan fingerprint density at radius 2 is 2.12 bits per heavy atom. The van der Waals surface area contributed by atoms with Crippen LogP contribution in [0.15, 0.2) is 52.7 Å². The standard InChI is InChI=1S/C18H17F2N3OS2/c1-12-11-14(16-7-4-10-25-16)22-23(12)9-8-21-17(24)13-5-2-3-6-15(13)26-18(19)20/h2-7,10-11,18H,8-9H2,1H3,(H,21,24). The lowest BCUT2D eigenvalue weighted by molar-refractivity contribution is 0.0949. The smallest absolute Gasteiger partial charge is 0.288 e. The summed E-state index contributed by atoms with van der Waals surface area (Å²) in [4.78, 5) is 13.7. The second kappa shape index (κ2) is 8.46. The number of carbonyl (C=O) groups excluding carboxylic acids is 1. The molecule has 0 aliphatic heterocycles. The van der Waals surface area contributed by atoms with Gasteiger partial charge in [-0.3, -0.25) is 9.48 Å². The van der Waals surface area contributed by atoms with Crippen LogP contribution in [0.5, 0.6) is 0 Å². The van der Waals surface area contributed by atoms with Crippen molar-refractivity contribution in [1.29, 1.82) is 0 Å². The number of amides is 1. The van der Waals surface area contributed by atoms with Crippen molar-refractivity contribution >= 4 is 29.0 Å². The molecule has 0 saturated heterocycles. The molecule has 2 aromatic heterocycles. The number of benzene rings is 1. The fourth-order valence-corrected chi connectivity index (χ4v) is 3.82. The van der Waals surface area contributed by atoms with E-state index in [1.807, 2.05) is 35.2 Å². The maximum atomic E-state index is 12.6. The van der Waals surface area contributed by atoms with Crippen LogP contribution in [0.1, 0.15) is 16.1 Å². The largest absolute Gasteiger partial charge is 0.350 e. The number of halogens is 2. The number of alkyl halides is 2. The number of aryl methyl sites for hydroxylation is 1. The number of carbonyl (C=O) groups is 1. The van der Waals surface area contributed by atoms with Crippen molar-refractivity contribution < 1.29 is 13.6 Å². The molecule has 136 valence electrons. The zero-order valence-electron chi connectivity index (χ0n) is 14.0. The topological polar surface area (TPSA) is 46.9 Å². The summed E-state index contributed by atoms with van der Waals surface area (Å²) in [5.74, 6) is -2.93. The summed E-state index contributed by atoms with van der Waals surface area (Å²) >= 11 is 2.00. The van der Waals surface area contributed by atoms with Crippen molar-refractivity contribution in [3.63, 3.8) is 0 Å². The first kappa shape index (κ1) is 18.6. The second-order valence-corrected chi connectivity index (χ2v) is 7.48. The molecule has 26 heavy (non-hydrogen) atoms. The molecule has 0 aliphatic carbocycles. The minimum Gasteiger partial charge on any atom is -0.350 e. The zero-order chi connectivity index (χ0) is 18.5. The fourth-order valence-electron chi connectivity index (χ4n) is 2.50. The van der Waals surface area contributed by atoms with E-state index in [4.69, 9.17) is 0 Å². The molecular weight excluding hydrogens is 376 g/mol.